The van der Waals surface area contributed by atoms with Crippen molar-refractivity contribution < 1.29 is 9.18 Å². The van der Waals surface area contributed by atoms with Crippen molar-refractivity contribution >= 4 is 5.78 Å². The minimum Gasteiger partial charge on any atom is -0.327 e. The zero-order valence-electron chi connectivity index (χ0n) is 9.03. The maximum atomic E-state index is 12.8. The fourth-order valence-electron chi connectivity index (χ4n) is 1.23. The van der Waals surface area contributed by atoms with E-state index in [0.717, 1.165) is 0 Å². The van der Waals surface area contributed by atoms with Gasteiger partial charge in [0.25, 0.3) is 0 Å². The standard InChI is InChI=1S/C12H16FNO/c1-8(2)11(14)7-12(15)9-4-3-5-10(13)6-9/h3-6,8,11H,7,14H2,1-2H3. The highest BCUT2D eigenvalue weighted by atomic mass is 19.1. The number of benzene rings is 1. The molecule has 2 nitrogen and oxygen atoms in total. The van der Waals surface area contributed by atoms with Crippen LogP contribution in [0.4, 0.5) is 4.39 Å². The Balaban J connectivity index is 2.69. The monoisotopic (exact) mass is 209 g/mol. The molecule has 0 aromatic heterocycles. The lowest BCUT2D eigenvalue weighted by atomic mass is 9.97. The third-order valence-electron chi connectivity index (χ3n) is 2.42. The molecule has 0 saturated heterocycles. The summed E-state index contributed by atoms with van der Waals surface area (Å²) in [5.74, 6) is -0.239. The molecule has 0 amide bonds. The topological polar surface area (TPSA) is 43.1 Å². The van der Waals surface area contributed by atoms with Gasteiger partial charge < -0.3 is 5.73 Å². The molecule has 82 valence electrons. The lowest BCUT2D eigenvalue weighted by molar-refractivity contribution is 0.0967. The molecular weight excluding hydrogens is 193 g/mol. The van der Waals surface area contributed by atoms with Gasteiger partial charge >= 0.3 is 0 Å². The molecule has 0 radical (unpaired) electrons. The second-order valence-electron chi connectivity index (χ2n) is 4.05. The number of halogens is 1. The molecule has 2 N–H and O–H groups in total. The predicted octanol–water partition coefficient (Wildman–Crippen LogP) is 2.38. The lowest BCUT2D eigenvalue weighted by Gasteiger charge is -2.14. The van der Waals surface area contributed by atoms with Crippen LogP contribution in [0.5, 0.6) is 0 Å². The van der Waals surface area contributed by atoms with Gasteiger partial charge in [-0.15, -0.1) is 0 Å². The van der Waals surface area contributed by atoms with Crippen molar-refractivity contribution in [2.45, 2.75) is 26.3 Å². The SMILES string of the molecule is CC(C)C(N)CC(=O)c1cccc(F)c1. The van der Waals surface area contributed by atoms with Crippen LogP contribution < -0.4 is 5.73 Å². The molecule has 0 aliphatic heterocycles. The van der Waals surface area contributed by atoms with Crippen molar-refractivity contribution in [2.75, 3.05) is 0 Å². The summed E-state index contributed by atoms with van der Waals surface area (Å²) >= 11 is 0. The van der Waals surface area contributed by atoms with Crippen LogP contribution in [0.15, 0.2) is 24.3 Å². The van der Waals surface area contributed by atoms with Crippen LogP contribution >= 0.6 is 0 Å². The Hall–Kier alpha value is -1.22. The van der Waals surface area contributed by atoms with Crippen LogP contribution in [-0.4, -0.2) is 11.8 Å². The largest absolute Gasteiger partial charge is 0.327 e. The van der Waals surface area contributed by atoms with Crippen LogP contribution in [0, 0.1) is 11.7 Å². The molecule has 3 heteroatoms. The average Bonchev–Trinajstić information content (AvgIpc) is 2.17. The first-order valence-corrected chi connectivity index (χ1v) is 5.05. The highest BCUT2D eigenvalue weighted by Gasteiger charge is 2.14. The summed E-state index contributed by atoms with van der Waals surface area (Å²) < 4.78 is 12.8. The van der Waals surface area contributed by atoms with E-state index in [4.69, 9.17) is 5.73 Å². The van der Waals surface area contributed by atoms with Crippen LogP contribution in [0.2, 0.25) is 0 Å². The molecule has 0 aliphatic carbocycles. The summed E-state index contributed by atoms with van der Waals surface area (Å²) in [6.45, 7) is 3.92. The molecule has 0 bridgehead atoms. The number of hydrogen-bond acceptors (Lipinski definition) is 2. The summed E-state index contributed by atoms with van der Waals surface area (Å²) in [6.07, 6.45) is 0.265. The van der Waals surface area contributed by atoms with Gasteiger partial charge in [0.05, 0.1) is 0 Å². The summed E-state index contributed by atoms with van der Waals surface area (Å²) in [6, 6.07) is 5.54. The maximum absolute atomic E-state index is 12.8. The number of carbonyl (C=O) groups is 1. The molecule has 0 aliphatic rings. The first kappa shape index (κ1) is 11.9. The van der Waals surface area contributed by atoms with E-state index in [0.29, 0.717) is 5.56 Å². The van der Waals surface area contributed by atoms with Gasteiger partial charge in [0.1, 0.15) is 5.82 Å². The van der Waals surface area contributed by atoms with Gasteiger partial charge in [-0.3, -0.25) is 4.79 Å². The fraction of sp³-hybridized carbons (Fsp3) is 0.417. The van der Waals surface area contributed by atoms with Crippen molar-refractivity contribution in [2.24, 2.45) is 11.7 Å². The average molecular weight is 209 g/mol. The highest BCUT2D eigenvalue weighted by molar-refractivity contribution is 5.96. The van der Waals surface area contributed by atoms with Gasteiger partial charge in [0, 0.05) is 18.0 Å². The molecule has 1 rings (SSSR count). The molecule has 0 spiro atoms. The summed E-state index contributed by atoms with van der Waals surface area (Å²) in [5, 5.41) is 0. The van der Waals surface area contributed by atoms with Crippen LogP contribution in [0.1, 0.15) is 30.6 Å². The maximum Gasteiger partial charge on any atom is 0.164 e. The van der Waals surface area contributed by atoms with Crippen molar-refractivity contribution in [3.63, 3.8) is 0 Å². The normalized spacial score (nSPS) is 12.9. The number of Topliss-reactive ketones (excluding diaryl/α,β-unsaturated/α-hetero) is 1. The molecule has 1 aromatic carbocycles. The lowest BCUT2D eigenvalue weighted by Crippen LogP contribution is -2.29. The minimum absolute atomic E-state index is 0.101. The zero-order chi connectivity index (χ0) is 11.4. The smallest absolute Gasteiger partial charge is 0.164 e. The van der Waals surface area contributed by atoms with Gasteiger partial charge in [0.15, 0.2) is 5.78 Å². The Labute approximate surface area is 89.3 Å². The molecule has 1 unspecified atom stereocenters. The first-order chi connectivity index (χ1) is 7.00. The molecule has 1 atom stereocenters. The quantitative estimate of drug-likeness (QED) is 0.774. The van der Waals surface area contributed by atoms with Crippen molar-refractivity contribution in [1.82, 2.24) is 0 Å². The van der Waals surface area contributed by atoms with E-state index in [-0.39, 0.29) is 30.0 Å². The Morgan fingerprint density at radius 3 is 2.67 bits per heavy atom. The van der Waals surface area contributed by atoms with Crippen LogP contribution in [0.3, 0.4) is 0 Å². The zero-order valence-corrected chi connectivity index (χ0v) is 9.03. The number of nitrogens with two attached hydrogens (primary N) is 1. The van der Waals surface area contributed by atoms with Gasteiger partial charge in [-0.25, -0.2) is 4.39 Å². The number of rotatable bonds is 4. The predicted molar refractivity (Wildman–Crippen MR) is 58.2 cm³/mol. The number of carbonyl (C=O) groups excluding carboxylic acids is 1. The molecule has 15 heavy (non-hydrogen) atoms. The number of ketones is 1. The number of hydrogen-bond donors (Lipinski definition) is 1. The highest BCUT2D eigenvalue weighted by Crippen LogP contribution is 2.10. The Morgan fingerprint density at radius 2 is 2.13 bits per heavy atom. The van der Waals surface area contributed by atoms with Crippen LogP contribution in [0.25, 0.3) is 0 Å². The van der Waals surface area contributed by atoms with Crippen molar-refractivity contribution in [3.8, 4) is 0 Å². The molecule has 0 saturated carbocycles. The van der Waals surface area contributed by atoms with Gasteiger partial charge in [-0.2, -0.15) is 0 Å². The Kier molecular flexibility index (Phi) is 3.97. The summed E-state index contributed by atoms with van der Waals surface area (Å²) in [4.78, 5) is 11.7. The summed E-state index contributed by atoms with van der Waals surface area (Å²) in [5.41, 5.74) is 6.17. The van der Waals surface area contributed by atoms with Gasteiger partial charge in [-0.1, -0.05) is 26.0 Å². The van der Waals surface area contributed by atoms with E-state index in [2.05, 4.69) is 0 Å². The van der Waals surface area contributed by atoms with Crippen molar-refractivity contribution in [1.29, 1.82) is 0 Å². The van der Waals surface area contributed by atoms with E-state index in [9.17, 15) is 9.18 Å². The molecule has 1 aromatic rings. The second-order valence-corrected chi connectivity index (χ2v) is 4.05. The van der Waals surface area contributed by atoms with E-state index >= 15 is 0 Å². The van der Waals surface area contributed by atoms with Crippen molar-refractivity contribution in [3.05, 3.63) is 35.6 Å². The van der Waals surface area contributed by atoms with Gasteiger partial charge in [0.2, 0.25) is 0 Å². The van der Waals surface area contributed by atoms with E-state index < -0.39 is 0 Å². The third-order valence-corrected chi connectivity index (χ3v) is 2.42. The minimum atomic E-state index is -0.390. The van der Waals surface area contributed by atoms with E-state index in [1.807, 2.05) is 13.8 Å². The summed E-state index contributed by atoms with van der Waals surface area (Å²) in [7, 11) is 0. The molecular formula is C12H16FNO. The van der Waals surface area contributed by atoms with E-state index in [1.54, 1.807) is 6.07 Å². The van der Waals surface area contributed by atoms with Gasteiger partial charge in [-0.05, 0) is 18.1 Å². The second kappa shape index (κ2) is 5.03. The first-order valence-electron chi connectivity index (χ1n) is 5.05. The Bertz CT molecular complexity index is 349. The fourth-order valence-corrected chi connectivity index (χ4v) is 1.23. The van der Waals surface area contributed by atoms with E-state index in [1.165, 1.54) is 18.2 Å². The van der Waals surface area contributed by atoms with Crippen LogP contribution in [-0.2, 0) is 0 Å². The molecule has 0 heterocycles. The Morgan fingerprint density at radius 1 is 1.47 bits per heavy atom. The molecule has 0 fully saturated rings. The third kappa shape index (κ3) is 3.44.